The lowest BCUT2D eigenvalue weighted by Gasteiger charge is -2.04. The van der Waals surface area contributed by atoms with Crippen LogP contribution < -0.4 is 5.32 Å². The highest BCUT2D eigenvalue weighted by atomic mass is 19.1. The Labute approximate surface area is 87.1 Å². The second-order valence-corrected chi connectivity index (χ2v) is 2.89. The SMILES string of the molecule is Cc1cc(F)ccc1NC=C(C#N)C#N. The van der Waals surface area contributed by atoms with E-state index in [2.05, 4.69) is 5.32 Å². The third-order valence-electron chi connectivity index (χ3n) is 1.80. The molecule has 74 valence electrons. The van der Waals surface area contributed by atoms with E-state index in [4.69, 9.17) is 10.5 Å². The van der Waals surface area contributed by atoms with Gasteiger partial charge in [0.15, 0.2) is 0 Å². The van der Waals surface area contributed by atoms with Gasteiger partial charge in [-0.15, -0.1) is 0 Å². The van der Waals surface area contributed by atoms with Crippen molar-refractivity contribution < 1.29 is 4.39 Å². The van der Waals surface area contributed by atoms with Crippen LogP contribution in [0.1, 0.15) is 5.56 Å². The van der Waals surface area contributed by atoms with Crippen molar-refractivity contribution in [3.8, 4) is 12.1 Å². The quantitative estimate of drug-likeness (QED) is 0.747. The summed E-state index contributed by atoms with van der Waals surface area (Å²) >= 11 is 0. The molecule has 0 aliphatic rings. The molecule has 0 aromatic heterocycles. The Morgan fingerprint density at radius 1 is 1.40 bits per heavy atom. The number of nitrogens with zero attached hydrogens (tertiary/aromatic N) is 2. The number of aryl methyl sites for hydroxylation is 1. The Balaban J connectivity index is 2.89. The Morgan fingerprint density at radius 3 is 2.60 bits per heavy atom. The highest BCUT2D eigenvalue weighted by Crippen LogP contribution is 2.15. The first kappa shape index (κ1) is 10.7. The highest BCUT2D eigenvalue weighted by Gasteiger charge is 1.98. The van der Waals surface area contributed by atoms with E-state index in [-0.39, 0.29) is 11.4 Å². The van der Waals surface area contributed by atoms with Gasteiger partial charge in [0, 0.05) is 11.9 Å². The molecular weight excluding hydrogens is 193 g/mol. The lowest BCUT2D eigenvalue weighted by Crippen LogP contribution is -1.93. The van der Waals surface area contributed by atoms with Crippen LogP contribution in [0.2, 0.25) is 0 Å². The van der Waals surface area contributed by atoms with Gasteiger partial charge in [0.2, 0.25) is 0 Å². The molecule has 0 amide bonds. The van der Waals surface area contributed by atoms with Crippen LogP contribution in [0.5, 0.6) is 0 Å². The Bertz CT molecular complexity index is 462. The zero-order valence-electron chi connectivity index (χ0n) is 8.08. The molecule has 1 aromatic carbocycles. The first-order valence-corrected chi connectivity index (χ1v) is 4.20. The summed E-state index contributed by atoms with van der Waals surface area (Å²) < 4.78 is 12.7. The molecule has 0 aliphatic carbocycles. The number of nitrogens with one attached hydrogen (secondary N) is 1. The maximum absolute atomic E-state index is 12.7. The summed E-state index contributed by atoms with van der Waals surface area (Å²) in [5.41, 5.74) is 1.35. The van der Waals surface area contributed by atoms with E-state index in [1.54, 1.807) is 25.1 Å². The molecule has 0 saturated carbocycles. The van der Waals surface area contributed by atoms with E-state index < -0.39 is 0 Å². The monoisotopic (exact) mass is 201 g/mol. The van der Waals surface area contributed by atoms with E-state index >= 15 is 0 Å². The second-order valence-electron chi connectivity index (χ2n) is 2.89. The molecule has 0 saturated heterocycles. The summed E-state index contributed by atoms with van der Waals surface area (Å²) in [7, 11) is 0. The Kier molecular flexibility index (Phi) is 3.43. The normalized spacial score (nSPS) is 8.53. The van der Waals surface area contributed by atoms with Crippen molar-refractivity contribution in [1.29, 1.82) is 10.5 Å². The molecule has 0 spiro atoms. The standard InChI is InChI=1S/C11H8FN3/c1-8-4-10(12)2-3-11(8)15-7-9(5-13)6-14/h2-4,7,15H,1H3. The molecule has 0 unspecified atom stereocenters. The fourth-order valence-corrected chi connectivity index (χ4v) is 1.03. The number of hydrogen-bond acceptors (Lipinski definition) is 3. The van der Waals surface area contributed by atoms with Gasteiger partial charge in [-0.3, -0.25) is 0 Å². The first-order chi connectivity index (χ1) is 7.17. The lowest BCUT2D eigenvalue weighted by atomic mass is 10.2. The summed E-state index contributed by atoms with van der Waals surface area (Å²) in [5, 5.41) is 19.7. The van der Waals surface area contributed by atoms with E-state index in [1.807, 2.05) is 0 Å². The average Bonchev–Trinajstić information content (AvgIpc) is 2.22. The first-order valence-electron chi connectivity index (χ1n) is 4.20. The summed E-state index contributed by atoms with van der Waals surface area (Å²) in [4.78, 5) is 0. The molecule has 0 heterocycles. The molecule has 1 N–H and O–H groups in total. The van der Waals surface area contributed by atoms with Gasteiger partial charge in [-0.1, -0.05) is 0 Å². The van der Waals surface area contributed by atoms with Gasteiger partial charge in [0.1, 0.15) is 23.5 Å². The lowest BCUT2D eigenvalue weighted by molar-refractivity contribution is 0.627. The van der Waals surface area contributed by atoms with Gasteiger partial charge in [-0.25, -0.2) is 4.39 Å². The highest BCUT2D eigenvalue weighted by molar-refractivity contribution is 5.54. The number of allylic oxidation sites excluding steroid dienone is 1. The van der Waals surface area contributed by atoms with Crippen molar-refractivity contribution in [2.75, 3.05) is 5.32 Å². The molecule has 1 rings (SSSR count). The van der Waals surface area contributed by atoms with Crippen LogP contribution in [-0.2, 0) is 0 Å². The number of halogens is 1. The molecule has 1 aromatic rings. The summed E-state index contributed by atoms with van der Waals surface area (Å²) in [5.74, 6) is -0.317. The van der Waals surface area contributed by atoms with Crippen LogP contribution in [0.25, 0.3) is 0 Å². The summed E-state index contributed by atoms with van der Waals surface area (Å²) in [6.45, 7) is 1.73. The van der Waals surface area contributed by atoms with Gasteiger partial charge in [0.05, 0.1) is 0 Å². The van der Waals surface area contributed by atoms with Crippen molar-refractivity contribution in [2.45, 2.75) is 6.92 Å². The van der Waals surface area contributed by atoms with Crippen LogP contribution in [0.3, 0.4) is 0 Å². The van der Waals surface area contributed by atoms with Gasteiger partial charge in [-0.2, -0.15) is 10.5 Å². The smallest absolute Gasteiger partial charge is 0.145 e. The summed E-state index contributed by atoms with van der Waals surface area (Å²) in [6.07, 6.45) is 1.29. The molecule has 0 atom stereocenters. The fourth-order valence-electron chi connectivity index (χ4n) is 1.03. The predicted octanol–water partition coefficient (Wildman–Crippen LogP) is 2.48. The molecular formula is C11H8FN3. The molecule has 0 bridgehead atoms. The van der Waals surface area contributed by atoms with Crippen molar-refractivity contribution in [2.24, 2.45) is 0 Å². The number of benzene rings is 1. The van der Waals surface area contributed by atoms with Crippen molar-refractivity contribution >= 4 is 5.69 Å². The van der Waals surface area contributed by atoms with Crippen molar-refractivity contribution in [3.63, 3.8) is 0 Å². The van der Waals surface area contributed by atoms with Crippen LogP contribution in [-0.4, -0.2) is 0 Å². The minimum absolute atomic E-state index is 0.0290. The minimum atomic E-state index is -0.317. The van der Waals surface area contributed by atoms with Gasteiger partial charge in [-0.05, 0) is 30.7 Å². The van der Waals surface area contributed by atoms with Crippen LogP contribution >= 0.6 is 0 Å². The molecule has 0 aliphatic heterocycles. The topological polar surface area (TPSA) is 59.6 Å². The molecule has 4 heteroatoms. The van der Waals surface area contributed by atoms with Crippen LogP contribution in [0, 0.1) is 35.4 Å². The van der Waals surface area contributed by atoms with Gasteiger partial charge >= 0.3 is 0 Å². The van der Waals surface area contributed by atoms with E-state index in [9.17, 15) is 4.39 Å². The largest absolute Gasteiger partial charge is 0.360 e. The van der Waals surface area contributed by atoms with Crippen LogP contribution in [0.4, 0.5) is 10.1 Å². The maximum Gasteiger partial charge on any atom is 0.145 e. The van der Waals surface area contributed by atoms with Gasteiger partial charge in [0.25, 0.3) is 0 Å². The molecule has 0 fully saturated rings. The van der Waals surface area contributed by atoms with Gasteiger partial charge < -0.3 is 5.32 Å². The minimum Gasteiger partial charge on any atom is -0.360 e. The van der Waals surface area contributed by atoms with Crippen molar-refractivity contribution in [3.05, 3.63) is 41.4 Å². The van der Waals surface area contributed by atoms with Crippen molar-refractivity contribution in [1.82, 2.24) is 0 Å². The number of nitriles is 2. The number of rotatable bonds is 2. The molecule has 0 radical (unpaired) electrons. The number of hydrogen-bond donors (Lipinski definition) is 1. The predicted molar refractivity (Wildman–Crippen MR) is 54.1 cm³/mol. The van der Waals surface area contributed by atoms with E-state index in [0.717, 1.165) is 0 Å². The zero-order chi connectivity index (χ0) is 11.3. The Morgan fingerprint density at radius 2 is 2.07 bits per heavy atom. The summed E-state index contributed by atoms with van der Waals surface area (Å²) in [6, 6.07) is 7.66. The molecule has 3 nitrogen and oxygen atoms in total. The van der Waals surface area contributed by atoms with E-state index in [1.165, 1.54) is 18.3 Å². The zero-order valence-corrected chi connectivity index (χ0v) is 8.08. The second kappa shape index (κ2) is 4.78. The van der Waals surface area contributed by atoms with Crippen LogP contribution in [0.15, 0.2) is 30.0 Å². The Hall–Kier alpha value is -2.33. The van der Waals surface area contributed by atoms with E-state index in [0.29, 0.717) is 11.3 Å². The third-order valence-corrected chi connectivity index (χ3v) is 1.80. The average molecular weight is 201 g/mol. The molecule has 15 heavy (non-hydrogen) atoms. The maximum atomic E-state index is 12.7. The third kappa shape index (κ3) is 2.82. The number of anilines is 1. The fraction of sp³-hybridized carbons (Fsp3) is 0.0909.